The van der Waals surface area contributed by atoms with Crippen molar-refractivity contribution in [2.45, 2.75) is 0 Å². The van der Waals surface area contributed by atoms with E-state index in [1.54, 1.807) is 45.5 Å². The molecule has 6 nitrogen and oxygen atoms in total. The molecule has 19 heavy (non-hydrogen) atoms. The van der Waals surface area contributed by atoms with E-state index in [-0.39, 0.29) is 11.9 Å². The van der Waals surface area contributed by atoms with Crippen molar-refractivity contribution in [3.05, 3.63) is 29.5 Å². The lowest BCUT2D eigenvalue weighted by atomic mass is 10.1. The summed E-state index contributed by atoms with van der Waals surface area (Å²) in [5.41, 5.74) is 1.14. The lowest BCUT2D eigenvalue weighted by Gasteiger charge is -2.11. The number of carbonyl (C=O) groups is 1. The van der Waals surface area contributed by atoms with Crippen LogP contribution in [0.5, 0.6) is 11.5 Å². The zero-order valence-electron chi connectivity index (χ0n) is 11.0. The monoisotopic (exact) mass is 261 g/mol. The van der Waals surface area contributed by atoms with Crippen molar-refractivity contribution in [2.24, 2.45) is 0 Å². The first-order chi connectivity index (χ1) is 9.06. The molecule has 6 heteroatoms. The van der Waals surface area contributed by atoms with Gasteiger partial charge in [-0.2, -0.15) is 0 Å². The molecule has 0 bridgehead atoms. The topological polar surface area (TPSA) is 74.7 Å². The number of nitrogens with one attached hydrogen (secondary N) is 2. The third-order valence-corrected chi connectivity index (χ3v) is 2.89. The Morgan fingerprint density at radius 3 is 2.58 bits per heavy atom. The summed E-state index contributed by atoms with van der Waals surface area (Å²) in [6, 6.07) is 5.32. The maximum Gasteiger partial charge on any atom is 0.274 e. The standard InChI is InChI=1S/C13H15N3O3/c1-16-10(12(17)15-13(16)14)6-8-4-5-9(18-2)7-11(8)19-3/h4-7H,1-3H3,(H2,14,15,17)/b10-6+. The minimum atomic E-state index is -0.301. The van der Waals surface area contributed by atoms with Crippen LogP contribution in [0.1, 0.15) is 5.56 Å². The number of guanidine groups is 1. The Balaban J connectivity index is 2.42. The van der Waals surface area contributed by atoms with E-state index in [1.165, 1.54) is 4.90 Å². The minimum absolute atomic E-state index is 0.0590. The summed E-state index contributed by atoms with van der Waals surface area (Å²) >= 11 is 0. The average molecular weight is 261 g/mol. The quantitative estimate of drug-likeness (QED) is 0.797. The lowest BCUT2D eigenvalue weighted by molar-refractivity contribution is -0.115. The van der Waals surface area contributed by atoms with Crippen LogP contribution in [0.2, 0.25) is 0 Å². The number of nitrogens with zero attached hydrogens (tertiary/aromatic N) is 1. The largest absolute Gasteiger partial charge is 0.497 e. The van der Waals surface area contributed by atoms with Crippen LogP contribution in [-0.4, -0.2) is 38.0 Å². The van der Waals surface area contributed by atoms with Crippen molar-refractivity contribution in [1.82, 2.24) is 10.2 Å². The van der Waals surface area contributed by atoms with E-state index in [0.29, 0.717) is 17.2 Å². The molecule has 0 atom stereocenters. The molecule has 0 radical (unpaired) electrons. The third-order valence-electron chi connectivity index (χ3n) is 2.89. The maximum absolute atomic E-state index is 11.7. The second-order valence-electron chi connectivity index (χ2n) is 4.00. The van der Waals surface area contributed by atoms with Crippen LogP contribution < -0.4 is 14.8 Å². The molecule has 2 N–H and O–H groups in total. The van der Waals surface area contributed by atoms with E-state index in [1.807, 2.05) is 0 Å². The number of amides is 1. The molecule has 2 rings (SSSR count). The predicted molar refractivity (Wildman–Crippen MR) is 71.2 cm³/mol. The van der Waals surface area contributed by atoms with Gasteiger partial charge < -0.3 is 14.4 Å². The first-order valence-corrected chi connectivity index (χ1v) is 5.64. The van der Waals surface area contributed by atoms with Crippen molar-refractivity contribution in [1.29, 1.82) is 5.41 Å². The van der Waals surface area contributed by atoms with Gasteiger partial charge in [-0.05, 0) is 18.2 Å². The molecule has 1 heterocycles. The van der Waals surface area contributed by atoms with Crippen LogP contribution in [0, 0.1) is 5.41 Å². The molecule has 0 aromatic heterocycles. The van der Waals surface area contributed by atoms with E-state index in [9.17, 15) is 4.79 Å². The Hall–Kier alpha value is -2.50. The summed E-state index contributed by atoms with van der Waals surface area (Å²) in [4.78, 5) is 13.2. The molecule has 1 fully saturated rings. The Kier molecular flexibility index (Phi) is 3.41. The van der Waals surface area contributed by atoms with E-state index >= 15 is 0 Å². The van der Waals surface area contributed by atoms with Gasteiger partial charge in [0, 0.05) is 18.7 Å². The van der Waals surface area contributed by atoms with E-state index in [4.69, 9.17) is 14.9 Å². The molecule has 1 aromatic rings. The number of methoxy groups -OCH3 is 2. The molecule has 1 aliphatic heterocycles. The first kappa shape index (κ1) is 12.9. The maximum atomic E-state index is 11.7. The summed E-state index contributed by atoms with van der Waals surface area (Å²) in [6.07, 6.45) is 1.68. The van der Waals surface area contributed by atoms with Crippen molar-refractivity contribution in [3.63, 3.8) is 0 Å². The van der Waals surface area contributed by atoms with Gasteiger partial charge in [0.15, 0.2) is 0 Å². The van der Waals surface area contributed by atoms with Gasteiger partial charge in [-0.1, -0.05) is 0 Å². The third kappa shape index (κ3) is 2.37. The van der Waals surface area contributed by atoms with Crippen LogP contribution in [-0.2, 0) is 4.79 Å². The van der Waals surface area contributed by atoms with Crippen LogP contribution in [0.4, 0.5) is 0 Å². The Labute approximate surface area is 111 Å². The van der Waals surface area contributed by atoms with Gasteiger partial charge in [0.2, 0.25) is 5.96 Å². The highest BCUT2D eigenvalue weighted by Crippen LogP contribution is 2.27. The molecule has 1 amide bonds. The number of ether oxygens (including phenoxy) is 2. The highest BCUT2D eigenvalue weighted by atomic mass is 16.5. The Morgan fingerprint density at radius 1 is 1.32 bits per heavy atom. The van der Waals surface area contributed by atoms with Crippen LogP contribution in [0.25, 0.3) is 6.08 Å². The van der Waals surface area contributed by atoms with Crippen molar-refractivity contribution < 1.29 is 14.3 Å². The zero-order chi connectivity index (χ0) is 14.0. The summed E-state index contributed by atoms with van der Waals surface area (Å²) in [5.74, 6) is 1.04. The van der Waals surface area contributed by atoms with Crippen LogP contribution in [0.3, 0.4) is 0 Å². The van der Waals surface area contributed by atoms with Crippen LogP contribution >= 0.6 is 0 Å². The van der Waals surface area contributed by atoms with E-state index < -0.39 is 0 Å². The number of rotatable bonds is 3. The number of benzene rings is 1. The minimum Gasteiger partial charge on any atom is -0.497 e. The van der Waals surface area contributed by atoms with Gasteiger partial charge in [-0.3, -0.25) is 15.5 Å². The molecule has 0 unspecified atom stereocenters. The lowest BCUT2D eigenvalue weighted by Crippen LogP contribution is -2.25. The fourth-order valence-electron chi connectivity index (χ4n) is 1.78. The molecule has 1 aliphatic rings. The number of carbonyl (C=O) groups excluding carboxylic acids is 1. The smallest absolute Gasteiger partial charge is 0.274 e. The second kappa shape index (κ2) is 5.01. The molecule has 0 spiro atoms. The van der Waals surface area contributed by atoms with Crippen molar-refractivity contribution >= 4 is 17.9 Å². The molecular weight excluding hydrogens is 246 g/mol. The summed E-state index contributed by atoms with van der Waals surface area (Å²) in [6.45, 7) is 0. The van der Waals surface area contributed by atoms with Crippen LogP contribution in [0.15, 0.2) is 23.9 Å². The van der Waals surface area contributed by atoms with Gasteiger partial charge in [0.1, 0.15) is 17.2 Å². The van der Waals surface area contributed by atoms with Gasteiger partial charge >= 0.3 is 0 Å². The predicted octanol–water partition coefficient (Wildman–Crippen LogP) is 1.04. The van der Waals surface area contributed by atoms with E-state index in [0.717, 1.165) is 5.56 Å². The Bertz CT molecular complexity index is 566. The average Bonchev–Trinajstić information content (AvgIpc) is 2.65. The molecule has 0 aliphatic carbocycles. The molecule has 0 saturated carbocycles. The summed E-state index contributed by atoms with van der Waals surface area (Å²) in [5, 5.41) is 9.98. The highest BCUT2D eigenvalue weighted by Gasteiger charge is 2.27. The molecular formula is C13H15N3O3. The normalized spacial score (nSPS) is 16.8. The fraction of sp³-hybridized carbons (Fsp3) is 0.231. The summed E-state index contributed by atoms with van der Waals surface area (Å²) < 4.78 is 10.4. The fourth-order valence-corrected chi connectivity index (χ4v) is 1.78. The number of likely N-dealkylation sites (N-methyl/N-ethyl adjacent to an activating group) is 1. The first-order valence-electron chi connectivity index (χ1n) is 5.64. The summed E-state index contributed by atoms with van der Waals surface area (Å²) in [7, 11) is 4.78. The Morgan fingerprint density at radius 2 is 2.05 bits per heavy atom. The number of hydrogen-bond acceptors (Lipinski definition) is 4. The second-order valence-corrected chi connectivity index (χ2v) is 4.00. The molecule has 1 saturated heterocycles. The number of hydrogen-bond donors (Lipinski definition) is 2. The molecule has 1 aromatic carbocycles. The highest BCUT2D eigenvalue weighted by molar-refractivity contribution is 6.14. The van der Waals surface area contributed by atoms with E-state index in [2.05, 4.69) is 5.32 Å². The van der Waals surface area contributed by atoms with Crippen molar-refractivity contribution in [3.8, 4) is 11.5 Å². The van der Waals surface area contributed by atoms with Gasteiger partial charge in [-0.15, -0.1) is 0 Å². The van der Waals surface area contributed by atoms with Gasteiger partial charge in [-0.25, -0.2) is 0 Å². The van der Waals surface area contributed by atoms with Gasteiger partial charge in [0.05, 0.1) is 14.2 Å². The zero-order valence-corrected chi connectivity index (χ0v) is 11.0. The SMILES string of the molecule is COc1ccc(/C=C2\C(=O)NC(=N)N2C)c(OC)c1. The van der Waals surface area contributed by atoms with Crippen molar-refractivity contribution in [2.75, 3.05) is 21.3 Å². The van der Waals surface area contributed by atoms with Gasteiger partial charge in [0.25, 0.3) is 5.91 Å². The molecule has 100 valence electrons.